The molecule has 1 aromatic heterocycles. The van der Waals surface area contributed by atoms with Gasteiger partial charge in [0.25, 0.3) is 0 Å². The van der Waals surface area contributed by atoms with Crippen LogP contribution in [-0.2, 0) is 6.18 Å². The van der Waals surface area contributed by atoms with Crippen molar-refractivity contribution < 1.29 is 13.2 Å². The number of nitrogens with zero attached hydrogens (tertiary/aromatic N) is 2. The van der Waals surface area contributed by atoms with Gasteiger partial charge in [-0.1, -0.05) is 30.0 Å². The van der Waals surface area contributed by atoms with Gasteiger partial charge in [0.05, 0.1) is 22.5 Å². The summed E-state index contributed by atoms with van der Waals surface area (Å²) in [6.07, 6.45) is -3.08. The number of fused-ring (bicyclic) bond motifs is 1. The molecule has 3 aromatic rings. The summed E-state index contributed by atoms with van der Waals surface area (Å²) in [4.78, 5) is 2.29. The summed E-state index contributed by atoms with van der Waals surface area (Å²) in [5.74, 6) is 6.35. The summed E-state index contributed by atoms with van der Waals surface area (Å²) < 4.78 is 43.5. The maximum Gasteiger partial charge on any atom is 0.416 e. The summed E-state index contributed by atoms with van der Waals surface area (Å²) in [5.41, 5.74) is 1.67. The fraction of sp³-hybridized carbons (Fsp3) is 0.250. The first-order valence-electron chi connectivity index (χ1n) is 8.29. The van der Waals surface area contributed by atoms with Gasteiger partial charge in [-0.05, 0) is 42.2 Å². The van der Waals surface area contributed by atoms with E-state index < -0.39 is 11.7 Å². The number of hydrogen-bond donors (Lipinski definition) is 0. The number of hydrogen-bond acceptors (Lipinski definition) is 3. The maximum atomic E-state index is 12.7. The Balaban J connectivity index is 1.59. The predicted octanol–water partition coefficient (Wildman–Crippen LogP) is 5.04. The number of benzene rings is 2. The lowest BCUT2D eigenvalue weighted by molar-refractivity contribution is -0.137. The van der Waals surface area contributed by atoms with Gasteiger partial charge in [0.1, 0.15) is 0 Å². The van der Waals surface area contributed by atoms with Crippen LogP contribution in [-0.4, -0.2) is 28.9 Å². The average molecular weight is 372 g/mol. The Morgan fingerprint density at radius 1 is 1.08 bits per heavy atom. The van der Waals surface area contributed by atoms with E-state index >= 15 is 0 Å². The second-order valence-corrected chi connectivity index (χ2v) is 7.05. The van der Waals surface area contributed by atoms with Crippen LogP contribution in [0.15, 0.2) is 42.5 Å². The van der Waals surface area contributed by atoms with Crippen molar-refractivity contribution in [3.63, 3.8) is 0 Å². The van der Waals surface area contributed by atoms with Gasteiger partial charge in [0, 0.05) is 29.6 Å². The molecule has 1 aliphatic rings. The Labute approximate surface area is 153 Å². The molecule has 1 aliphatic heterocycles. The highest BCUT2D eigenvalue weighted by Crippen LogP contribution is 2.34. The highest BCUT2D eigenvalue weighted by molar-refractivity contribution is 7.13. The average Bonchev–Trinajstić information content (AvgIpc) is 2.99. The van der Waals surface area contributed by atoms with E-state index in [1.807, 2.05) is 18.2 Å². The Hall–Kier alpha value is -2.36. The summed E-state index contributed by atoms with van der Waals surface area (Å²) in [6.45, 7) is 3.04. The lowest BCUT2D eigenvalue weighted by atomic mass is 10.0. The molecule has 1 saturated heterocycles. The zero-order valence-electron chi connectivity index (χ0n) is 13.8. The van der Waals surface area contributed by atoms with Crippen molar-refractivity contribution in [1.29, 1.82) is 0 Å². The van der Waals surface area contributed by atoms with Crippen LogP contribution in [0.1, 0.15) is 17.5 Å². The van der Waals surface area contributed by atoms with Crippen LogP contribution >= 0.6 is 11.5 Å². The first-order valence-corrected chi connectivity index (χ1v) is 9.06. The van der Waals surface area contributed by atoms with Crippen LogP contribution in [0.4, 0.5) is 13.2 Å². The summed E-state index contributed by atoms with van der Waals surface area (Å²) in [7, 11) is 0. The van der Waals surface area contributed by atoms with Crippen molar-refractivity contribution in [2.24, 2.45) is 0 Å². The molecule has 0 N–H and O–H groups in total. The zero-order valence-corrected chi connectivity index (χ0v) is 14.6. The molecule has 0 radical (unpaired) electrons. The largest absolute Gasteiger partial charge is 0.416 e. The molecule has 6 heteroatoms. The van der Waals surface area contributed by atoms with Gasteiger partial charge in [-0.2, -0.15) is 17.5 Å². The van der Waals surface area contributed by atoms with Crippen molar-refractivity contribution in [1.82, 2.24) is 9.27 Å². The van der Waals surface area contributed by atoms with Crippen molar-refractivity contribution in [3.8, 4) is 23.1 Å². The van der Waals surface area contributed by atoms with Gasteiger partial charge in [0.2, 0.25) is 0 Å². The summed E-state index contributed by atoms with van der Waals surface area (Å²) in [6, 6.07) is 11.0. The number of halogens is 3. The van der Waals surface area contributed by atoms with Gasteiger partial charge in [0.15, 0.2) is 0 Å². The highest BCUT2D eigenvalue weighted by atomic mass is 32.1. The number of alkyl halides is 3. The molecule has 0 amide bonds. The minimum atomic E-state index is -4.33. The molecule has 0 spiro atoms. The molecular weight excluding hydrogens is 357 g/mol. The second-order valence-electron chi connectivity index (χ2n) is 6.25. The van der Waals surface area contributed by atoms with E-state index in [1.165, 1.54) is 30.1 Å². The lowest BCUT2D eigenvalue weighted by Crippen LogP contribution is -2.37. The topological polar surface area (TPSA) is 16.1 Å². The van der Waals surface area contributed by atoms with E-state index in [0.29, 0.717) is 11.3 Å². The summed E-state index contributed by atoms with van der Waals surface area (Å²) >= 11 is 1.34. The third kappa shape index (κ3) is 3.46. The normalized spacial score (nSPS) is 14.7. The molecule has 0 unspecified atom stereocenters. The van der Waals surface area contributed by atoms with E-state index in [9.17, 15) is 13.2 Å². The predicted molar refractivity (Wildman–Crippen MR) is 98.0 cm³/mol. The quantitative estimate of drug-likeness (QED) is 0.586. The van der Waals surface area contributed by atoms with Crippen LogP contribution in [0.5, 0.6) is 0 Å². The molecule has 2 heterocycles. The Morgan fingerprint density at radius 3 is 2.50 bits per heavy atom. The van der Waals surface area contributed by atoms with E-state index in [2.05, 4.69) is 21.1 Å². The molecule has 26 heavy (non-hydrogen) atoms. The molecule has 0 saturated carbocycles. The monoisotopic (exact) mass is 372 g/mol. The molecule has 0 aliphatic carbocycles. The smallest absolute Gasteiger partial charge is 0.292 e. The molecular formula is C20H15F3N2S. The number of aromatic nitrogens is 1. The van der Waals surface area contributed by atoms with Crippen LogP contribution in [0.3, 0.4) is 0 Å². The lowest BCUT2D eigenvalue weighted by Gasteiger charge is -2.28. The van der Waals surface area contributed by atoms with Gasteiger partial charge in [-0.3, -0.25) is 4.90 Å². The standard InChI is InChI=1S/C20H15F3N2S/c21-20(22,23)16-7-5-15(6-8-16)19-17-9-4-14(13-18(17)26-24-19)3-1-10-25-11-2-12-25/h4-9,13H,2,10-12H2. The molecule has 2 nitrogen and oxygen atoms in total. The first-order chi connectivity index (χ1) is 12.5. The number of likely N-dealkylation sites (tertiary alicyclic amines) is 1. The van der Waals surface area contributed by atoms with Crippen LogP contribution in [0.25, 0.3) is 21.3 Å². The minimum absolute atomic E-state index is 0.652. The third-order valence-electron chi connectivity index (χ3n) is 4.44. The molecule has 4 rings (SSSR count). The van der Waals surface area contributed by atoms with E-state index in [4.69, 9.17) is 0 Å². The Bertz CT molecular complexity index is 990. The van der Waals surface area contributed by atoms with E-state index in [0.717, 1.165) is 47.4 Å². The Kier molecular flexibility index (Phi) is 4.43. The van der Waals surface area contributed by atoms with Crippen LogP contribution < -0.4 is 0 Å². The minimum Gasteiger partial charge on any atom is -0.292 e. The van der Waals surface area contributed by atoms with Crippen LogP contribution in [0.2, 0.25) is 0 Å². The fourth-order valence-corrected chi connectivity index (χ4v) is 3.67. The first kappa shape index (κ1) is 17.1. The molecule has 132 valence electrons. The van der Waals surface area contributed by atoms with Crippen LogP contribution in [0, 0.1) is 11.8 Å². The van der Waals surface area contributed by atoms with E-state index in [-0.39, 0.29) is 0 Å². The molecule has 2 aromatic carbocycles. The fourth-order valence-electron chi connectivity index (χ4n) is 2.83. The highest BCUT2D eigenvalue weighted by Gasteiger charge is 2.30. The zero-order chi connectivity index (χ0) is 18.1. The van der Waals surface area contributed by atoms with Crippen molar-refractivity contribution in [2.75, 3.05) is 19.6 Å². The third-order valence-corrected chi connectivity index (χ3v) is 5.25. The van der Waals surface area contributed by atoms with Crippen molar-refractivity contribution in [2.45, 2.75) is 12.6 Å². The summed E-state index contributed by atoms with van der Waals surface area (Å²) in [5, 5.41) is 0.933. The van der Waals surface area contributed by atoms with Gasteiger partial charge in [-0.15, -0.1) is 0 Å². The maximum absolute atomic E-state index is 12.7. The van der Waals surface area contributed by atoms with Crippen molar-refractivity contribution in [3.05, 3.63) is 53.6 Å². The van der Waals surface area contributed by atoms with E-state index in [1.54, 1.807) is 0 Å². The van der Waals surface area contributed by atoms with Gasteiger partial charge in [-0.25, -0.2) is 0 Å². The number of rotatable bonds is 2. The second kappa shape index (κ2) is 6.75. The van der Waals surface area contributed by atoms with Crippen molar-refractivity contribution >= 4 is 21.6 Å². The SMILES string of the molecule is FC(F)(F)c1ccc(-c2nsc3cc(C#CCN4CCC4)ccc23)cc1. The van der Waals surface area contributed by atoms with Gasteiger partial charge >= 0.3 is 6.18 Å². The Morgan fingerprint density at radius 2 is 1.85 bits per heavy atom. The molecule has 0 bridgehead atoms. The molecule has 1 fully saturated rings. The van der Waals surface area contributed by atoms with Gasteiger partial charge < -0.3 is 0 Å². The molecule has 0 atom stereocenters.